The monoisotopic (exact) mass is 329 g/mol. The lowest BCUT2D eigenvalue weighted by molar-refractivity contribution is 0.205. The lowest BCUT2D eigenvalue weighted by Crippen LogP contribution is -2.31. The summed E-state index contributed by atoms with van der Waals surface area (Å²) in [6.07, 6.45) is 1.13. The van der Waals surface area contributed by atoms with Gasteiger partial charge in [-0.2, -0.15) is 0 Å². The van der Waals surface area contributed by atoms with E-state index in [2.05, 4.69) is 41.6 Å². The fourth-order valence-electron chi connectivity index (χ4n) is 2.06. The van der Waals surface area contributed by atoms with Crippen molar-refractivity contribution < 1.29 is 9.84 Å². The summed E-state index contributed by atoms with van der Waals surface area (Å²) in [6.45, 7) is 10.9. The number of ether oxygens (including phenoxy) is 1. The highest BCUT2D eigenvalue weighted by Gasteiger charge is 2.14. The minimum atomic E-state index is 0.178. The zero-order valence-corrected chi connectivity index (χ0v) is 13.8. The largest absolute Gasteiger partial charge is 0.503 e. The van der Waals surface area contributed by atoms with Crippen LogP contribution in [0.5, 0.6) is 11.5 Å². The van der Waals surface area contributed by atoms with Gasteiger partial charge in [0.25, 0.3) is 0 Å². The van der Waals surface area contributed by atoms with Crippen LogP contribution in [-0.2, 0) is 6.54 Å². The third kappa shape index (κ3) is 4.39. The second-order valence-corrected chi connectivity index (χ2v) is 5.53. The first-order valence-corrected chi connectivity index (χ1v) is 7.70. The molecule has 1 rings (SSSR count). The molecule has 0 radical (unpaired) electrons. The summed E-state index contributed by atoms with van der Waals surface area (Å²) in [4.78, 5) is 2.41. The highest BCUT2D eigenvalue weighted by molar-refractivity contribution is 9.10. The molecule has 0 spiro atoms. The van der Waals surface area contributed by atoms with Crippen molar-refractivity contribution >= 4 is 15.9 Å². The van der Waals surface area contributed by atoms with E-state index < -0.39 is 0 Å². The van der Waals surface area contributed by atoms with Crippen LogP contribution in [0.25, 0.3) is 0 Å². The molecule has 0 amide bonds. The quantitative estimate of drug-likeness (QED) is 0.814. The molecule has 0 aliphatic rings. The van der Waals surface area contributed by atoms with E-state index in [0.717, 1.165) is 25.1 Å². The number of rotatable bonds is 7. The minimum absolute atomic E-state index is 0.178. The van der Waals surface area contributed by atoms with Gasteiger partial charge >= 0.3 is 0 Å². The molecule has 1 aromatic rings. The molecule has 0 aromatic heterocycles. The van der Waals surface area contributed by atoms with E-state index >= 15 is 0 Å². The van der Waals surface area contributed by atoms with E-state index in [1.807, 2.05) is 19.1 Å². The van der Waals surface area contributed by atoms with Crippen LogP contribution >= 0.6 is 15.9 Å². The average molecular weight is 330 g/mol. The zero-order valence-electron chi connectivity index (χ0n) is 12.2. The molecule has 108 valence electrons. The normalized spacial score (nSPS) is 12.7. The number of phenols is 1. The Hall–Kier alpha value is -0.740. The molecule has 0 saturated carbocycles. The number of hydrogen-bond donors (Lipinski definition) is 1. The van der Waals surface area contributed by atoms with Gasteiger partial charge in [-0.05, 0) is 60.4 Å². The van der Waals surface area contributed by atoms with E-state index in [9.17, 15) is 5.11 Å². The number of benzene rings is 1. The van der Waals surface area contributed by atoms with Gasteiger partial charge in [-0.1, -0.05) is 13.8 Å². The molecule has 0 aliphatic carbocycles. The Morgan fingerprint density at radius 1 is 1.32 bits per heavy atom. The van der Waals surface area contributed by atoms with Crippen molar-refractivity contribution in [1.82, 2.24) is 4.90 Å². The molecular weight excluding hydrogens is 306 g/mol. The SMILES string of the molecule is CCOc1cc(CN(CC)C(C)CC)cc(Br)c1O. The Bertz CT molecular complexity index is 409. The van der Waals surface area contributed by atoms with Gasteiger partial charge in [0.05, 0.1) is 11.1 Å². The number of phenolic OH excluding ortho intramolecular Hbond substituents is 1. The topological polar surface area (TPSA) is 32.7 Å². The number of halogens is 1. The van der Waals surface area contributed by atoms with Crippen LogP contribution in [0.15, 0.2) is 16.6 Å². The smallest absolute Gasteiger partial charge is 0.172 e. The van der Waals surface area contributed by atoms with E-state index in [4.69, 9.17) is 4.74 Å². The Morgan fingerprint density at radius 3 is 2.53 bits per heavy atom. The highest BCUT2D eigenvalue weighted by atomic mass is 79.9. The Balaban J connectivity index is 2.94. The highest BCUT2D eigenvalue weighted by Crippen LogP contribution is 2.35. The minimum Gasteiger partial charge on any atom is -0.503 e. The molecule has 0 bridgehead atoms. The van der Waals surface area contributed by atoms with Crippen LogP contribution in [-0.4, -0.2) is 29.2 Å². The van der Waals surface area contributed by atoms with Gasteiger partial charge in [0.15, 0.2) is 11.5 Å². The van der Waals surface area contributed by atoms with Gasteiger partial charge in [-0.25, -0.2) is 0 Å². The molecule has 1 unspecified atom stereocenters. The van der Waals surface area contributed by atoms with Crippen LogP contribution in [0.2, 0.25) is 0 Å². The van der Waals surface area contributed by atoms with Crippen molar-refractivity contribution in [2.45, 2.75) is 46.7 Å². The first-order valence-electron chi connectivity index (χ1n) is 6.91. The summed E-state index contributed by atoms with van der Waals surface area (Å²) in [6, 6.07) is 4.44. The van der Waals surface area contributed by atoms with E-state index in [1.165, 1.54) is 0 Å². The van der Waals surface area contributed by atoms with E-state index in [1.54, 1.807) is 0 Å². The summed E-state index contributed by atoms with van der Waals surface area (Å²) in [7, 11) is 0. The molecule has 1 aromatic carbocycles. The zero-order chi connectivity index (χ0) is 14.4. The lowest BCUT2D eigenvalue weighted by atomic mass is 10.1. The maximum absolute atomic E-state index is 9.91. The summed E-state index contributed by atoms with van der Waals surface area (Å²) >= 11 is 3.38. The predicted octanol–water partition coefficient (Wildman–Crippen LogP) is 4.17. The second kappa shape index (κ2) is 7.75. The third-order valence-electron chi connectivity index (χ3n) is 3.39. The summed E-state index contributed by atoms with van der Waals surface area (Å²) in [5, 5.41) is 9.91. The van der Waals surface area contributed by atoms with Gasteiger partial charge in [0.2, 0.25) is 0 Å². The molecule has 0 fully saturated rings. The Labute approximate surface area is 124 Å². The van der Waals surface area contributed by atoms with Crippen molar-refractivity contribution in [3.8, 4) is 11.5 Å². The molecular formula is C15H24BrNO2. The van der Waals surface area contributed by atoms with Gasteiger partial charge < -0.3 is 9.84 Å². The standard InChI is InChI=1S/C15H24BrNO2/c1-5-11(4)17(6-2)10-12-8-13(16)15(18)14(9-12)19-7-3/h8-9,11,18H,5-7,10H2,1-4H3. The van der Waals surface area contributed by atoms with E-state index in [-0.39, 0.29) is 5.75 Å². The van der Waals surface area contributed by atoms with Gasteiger partial charge in [0.1, 0.15) is 0 Å². The molecule has 1 N–H and O–H groups in total. The first-order chi connectivity index (χ1) is 9.03. The molecule has 19 heavy (non-hydrogen) atoms. The maximum Gasteiger partial charge on any atom is 0.172 e. The van der Waals surface area contributed by atoms with E-state index in [0.29, 0.717) is 22.9 Å². The van der Waals surface area contributed by atoms with Gasteiger partial charge in [-0.3, -0.25) is 4.90 Å². The maximum atomic E-state index is 9.91. The summed E-state index contributed by atoms with van der Waals surface area (Å²) in [5.74, 6) is 0.726. The molecule has 0 saturated heterocycles. The van der Waals surface area contributed by atoms with Crippen LogP contribution in [0.1, 0.15) is 39.7 Å². The Morgan fingerprint density at radius 2 is 2.00 bits per heavy atom. The average Bonchev–Trinajstić information content (AvgIpc) is 2.40. The summed E-state index contributed by atoms with van der Waals surface area (Å²) < 4.78 is 6.15. The van der Waals surface area contributed by atoms with Crippen LogP contribution in [0.3, 0.4) is 0 Å². The molecule has 0 aliphatic heterocycles. The van der Waals surface area contributed by atoms with Crippen molar-refractivity contribution in [3.63, 3.8) is 0 Å². The van der Waals surface area contributed by atoms with Crippen LogP contribution < -0.4 is 4.74 Å². The van der Waals surface area contributed by atoms with Crippen molar-refractivity contribution in [2.75, 3.05) is 13.2 Å². The molecule has 4 heteroatoms. The molecule has 3 nitrogen and oxygen atoms in total. The molecule has 0 heterocycles. The number of hydrogen-bond acceptors (Lipinski definition) is 3. The summed E-state index contributed by atoms with van der Waals surface area (Å²) in [5.41, 5.74) is 1.15. The van der Waals surface area contributed by atoms with Crippen molar-refractivity contribution in [3.05, 3.63) is 22.2 Å². The predicted molar refractivity (Wildman–Crippen MR) is 82.8 cm³/mol. The fraction of sp³-hybridized carbons (Fsp3) is 0.600. The van der Waals surface area contributed by atoms with Gasteiger partial charge in [-0.15, -0.1) is 0 Å². The van der Waals surface area contributed by atoms with Crippen molar-refractivity contribution in [2.24, 2.45) is 0 Å². The van der Waals surface area contributed by atoms with Gasteiger partial charge in [0, 0.05) is 12.6 Å². The fourth-order valence-corrected chi connectivity index (χ4v) is 2.55. The Kier molecular flexibility index (Phi) is 6.66. The number of nitrogens with zero attached hydrogens (tertiary/aromatic N) is 1. The second-order valence-electron chi connectivity index (χ2n) is 4.68. The lowest BCUT2D eigenvalue weighted by Gasteiger charge is -2.27. The number of aromatic hydroxyl groups is 1. The molecule has 1 atom stereocenters. The first kappa shape index (κ1) is 16.3. The van der Waals surface area contributed by atoms with Crippen LogP contribution in [0.4, 0.5) is 0 Å². The van der Waals surface area contributed by atoms with Crippen LogP contribution in [0, 0.1) is 0 Å². The van der Waals surface area contributed by atoms with Crippen molar-refractivity contribution in [1.29, 1.82) is 0 Å². The third-order valence-corrected chi connectivity index (χ3v) is 4.00.